The fraction of sp³-hybridized carbons (Fsp3) is 0.667. The Morgan fingerprint density at radius 3 is 3.06 bits per heavy atom. The predicted octanol–water partition coefficient (Wildman–Crippen LogP) is 0.667. The maximum atomic E-state index is 12.2. The molecule has 4 heteroatoms. The zero-order valence-corrected chi connectivity index (χ0v) is 9.35. The van der Waals surface area contributed by atoms with Crippen LogP contribution >= 0.6 is 0 Å². The van der Waals surface area contributed by atoms with E-state index < -0.39 is 0 Å². The van der Waals surface area contributed by atoms with Crippen molar-refractivity contribution in [3.05, 3.63) is 12.2 Å². The summed E-state index contributed by atoms with van der Waals surface area (Å²) >= 11 is 0. The van der Waals surface area contributed by atoms with Crippen molar-refractivity contribution in [1.29, 1.82) is 5.26 Å². The lowest BCUT2D eigenvalue weighted by Crippen LogP contribution is -2.54. The molecule has 0 saturated carbocycles. The molecule has 0 spiro atoms. The van der Waals surface area contributed by atoms with Crippen LogP contribution < -0.4 is 5.32 Å². The lowest BCUT2D eigenvalue weighted by atomic mass is 9.92. The number of nitrogens with zero attached hydrogens (tertiary/aromatic N) is 2. The zero-order valence-electron chi connectivity index (χ0n) is 9.35. The SMILES string of the molecule is N#CC1CNCCN1C(=O)C1CC=CCC1. The van der Waals surface area contributed by atoms with Gasteiger partial charge in [0.2, 0.25) is 5.91 Å². The number of rotatable bonds is 1. The van der Waals surface area contributed by atoms with E-state index in [0.717, 1.165) is 25.8 Å². The largest absolute Gasteiger partial charge is 0.324 e. The fourth-order valence-corrected chi connectivity index (χ4v) is 2.34. The summed E-state index contributed by atoms with van der Waals surface area (Å²) in [5, 5.41) is 12.2. The molecule has 1 saturated heterocycles. The van der Waals surface area contributed by atoms with Crippen molar-refractivity contribution < 1.29 is 4.79 Å². The number of carbonyl (C=O) groups is 1. The van der Waals surface area contributed by atoms with E-state index in [-0.39, 0.29) is 17.9 Å². The Hall–Kier alpha value is -1.34. The standard InChI is InChI=1S/C12H17N3O/c13-8-11-9-14-6-7-15(11)12(16)10-4-2-1-3-5-10/h1-2,10-11,14H,3-7,9H2. The van der Waals surface area contributed by atoms with Gasteiger partial charge in [0, 0.05) is 25.6 Å². The lowest BCUT2D eigenvalue weighted by Gasteiger charge is -2.34. The third-order valence-electron chi connectivity index (χ3n) is 3.29. The highest BCUT2D eigenvalue weighted by molar-refractivity contribution is 5.80. The van der Waals surface area contributed by atoms with Crippen LogP contribution in [0.1, 0.15) is 19.3 Å². The van der Waals surface area contributed by atoms with E-state index >= 15 is 0 Å². The van der Waals surface area contributed by atoms with Crippen molar-refractivity contribution in [2.75, 3.05) is 19.6 Å². The molecule has 1 aliphatic heterocycles. The summed E-state index contributed by atoms with van der Waals surface area (Å²) in [5.41, 5.74) is 0. The summed E-state index contributed by atoms with van der Waals surface area (Å²) in [4.78, 5) is 14.0. The van der Waals surface area contributed by atoms with Crippen LogP contribution in [0.5, 0.6) is 0 Å². The van der Waals surface area contributed by atoms with Gasteiger partial charge < -0.3 is 10.2 Å². The van der Waals surface area contributed by atoms with Crippen LogP contribution in [-0.2, 0) is 4.79 Å². The average molecular weight is 219 g/mol. The van der Waals surface area contributed by atoms with Crippen molar-refractivity contribution in [1.82, 2.24) is 10.2 Å². The first-order valence-electron chi connectivity index (χ1n) is 5.88. The Labute approximate surface area is 95.9 Å². The Kier molecular flexibility index (Phi) is 3.58. The molecule has 2 unspecified atom stereocenters. The third-order valence-corrected chi connectivity index (χ3v) is 3.29. The van der Waals surface area contributed by atoms with E-state index in [4.69, 9.17) is 5.26 Å². The zero-order chi connectivity index (χ0) is 11.4. The van der Waals surface area contributed by atoms with Gasteiger partial charge >= 0.3 is 0 Å². The minimum Gasteiger partial charge on any atom is -0.324 e. The maximum Gasteiger partial charge on any atom is 0.227 e. The van der Waals surface area contributed by atoms with Gasteiger partial charge in [-0.1, -0.05) is 12.2 Å². The summed E-state index contributed by atoms with van der Waals surface area (Å²) < 4.78 is 0. The molecule has 2 rings (SSSR count). The minimum atomic E-state index is -0.285. The molecule has 0 aromatic carbocycles. The molecule has 1 fully saturated rings. The first-order valence-corrected chi connectivity index (χ1v) is 5.88. The fourth-order valence-electron chi connectivity index (χ4n) is 2.34. The average Bonchev–Trinajstić information content (AvgIpc) is 2.39. The van der Waals surface area contributed by atoms with E-state index in [0.29, 0.717) is 13.1 Å². The second-order valence-corrected chi connectivity index (χ2v) is 4.36. The Balaban J connectivity index is 2.02. The lowest BCUT2D eigenvalue weighted by molar-refractivity contribution is -0.137. The van der Waals surface area contributed by atoms with Crippen molar-refractivity contribution in [2.24, 2.45) is 5.92 Å². The van der Waals surface area contributed by atoms with E-state index in [9.17, 15) is 4.79 Å². The smallest absolute Gasteiger partial charge is 0.227 e. The highest BCUT2D eigenvalue weighted by atomic mass is 16.2. The molecule has 4 nitrogen and oxygen atoms in total. The predicted molar refractivity (Wildman–Crippen MR) is 60.5 cm³/mol. The summed E-state index contributed by atoms with van der Waals surface area (Å²) in [6, 6.07) is 1.91. The molecular formula is C12H17N3O. The van der Waals surface area contributed by atoms with E-state index in [1.807, 2.05) is 0 Å². The summed E-state index contributed by atoms with van der Waals surface area (Å²) in [5.74, 6) is 0.261. The number of nitriles is 1. The van der Waals surface area contributed by atoms with Crippen LogP contribution in [0.2, 0.25) is 0 Å². The van der Waals surface area contributed by atoms with Gasteiger partial charge in [-0.3, -0.25) is 4.79 Å². The Bertz CT molecular complexity index is 332. The quantitative estimate of drug-likeness (QED) is 0.659. The van der Waals surface area contributed by atoms with Crippen molar-refractivity contribution in [3.8, 4) is 6.07 Å². The minimum absolute atomic E-state index is 0.0962. The van der Waals surface area contributed by atoms with Crippen LogP contribution in [0.4, 0.5) is 0 Å². The van der Waals surface area contributed by atoms with Crippen molar-refractivity contribution in [2.45, 2.75) is 25.3 Å². The van der Waals surface area contributed by atoms with Gasteiger partial charge in [0.15, 0.2) is 0 Å². The first-order chi connectivity index (χ1) is 7.83. The number of amides is 1. The highest BCUT2D eigenvalue weighted by Gasteiger charge is 2.31. The van der Waals surface area contributed by atoms with Gasteiger partial charge in [-0.15, -0.1) is 0 Å². The number of hydrogen-bond donors (Lipinski definition) is 1. The number of hydrogen-bond acceptors (Lipinski definition) is 3. The number of allylic oxidation sites excluding steroid dienone is 2. The molecule has 0 radical (unpaired) electrons. The number of carbonyl (C=O) groups excluding carboxylic acids is 1. The summed E-state index contributed by atoms with van der Waals surface area (Å²) in [6.07, 6.45) is 6.96. The second-order valence-electron chi connectivity index (χ2n) is 4.36. The van der Waals surface area contributed by atoms with Crippen molar-refractivity contribution in [3.63, 3.8) is 0 Å². The summed E-state index contributed by atoms with van der Waals surface area (Å²) in [6.45, 7) is 2.06. The van der Waals surface area contributed by atoms with Gasteiger partial charge in [-0.05, 0) is 19.3 Å². The van der Waals surface area contributed by atoms with Gasteiger partial charge in [0.1, 0.15) is 6.04 Å². The van der Waals surface area contributed by atoms with Gasteiger partial charge in [0.05, 0.1) is 6.07 Å². The molecule has 1 aliphatic carbocycles. The second kappa shape index (κ2) is 5.13. The Morgan fingerprint density at radius 2 is 2.38 bits per heavy atom. The maximum absolute atomic E-state index is 12.2. The monoisotopic (exact) mass is 219 g/mol. The Morgan fingerprint density at radius 1 is 1.50 bits per heavy atom. The molecule has 1 heterocycles. The number of nitrogens with one attached hydrogen (secondary N) is 1. The number of piperazine rings is 1. The van der Waals surface area contributed by atoms with E-state index in [1.54, 1.807) is 4.90 Å². The highest BCUT2D eigenvalue weighted by Crippen LogP contribution is 2.21. The van der Waals surface area contributed by atoms with E-state index in [2.05, 4.69) is 23.5 Å². The molecule has 2 atom stereocenters. The van der Waals surface area contributed by atoms with Crippen LogP contribution in [0.15, 0.2) is 12.2 Å². The van der Waals surface area contributed by atoms with Gasteiger partial charge in [-0.2, -0.15) is 5.26 Å². The molecule has 0 aromatic heterocycles. The molecule has 0 aromatic rings. The molecule has 1 amide bonds. The topological polar surface area (TPSA) is 56.1 Å². The molecule has 16 heavy (non-hydrogen) atoms. The molecule has 86 valence electrons. The van der Waals surface area contributed by atoms with Crippen LogP contribution in [-0.4, -0.2) is 36.5 Å². The molecular weight excluding hydrogens is 202 g/mol. The first kappa shape index (κ1) is 11.2. The molecule has 0 bridgehead atoms. The van der Waals surface area contributed by atoms with Crippen LogP contribution in [0, 0.1) is 17.2 Å². The molecule has 1 N–H and O–H groups in total. The van der Waals surface area contributed by atoms with Crippen LogP contribution in [0.3, 0.4) is 0 Å². The summed E-state index contributed by atoms with van der Waals surface area (Å²) in [7, 11) is 0. The van der Waals surface area contributed by atoms with Crippen molar-refractivity contribution >= 4 is 5.91 Å². The van der Waals surface area contributed by atoms with Crippen LogP contribution in [0.25, 0.3) is 0 Å². The van der Waals surface area contributed by atoms with E-state index in [1.165, 1.54) is 0 Å². The molecule has 2 aliphatic rings. The third kappa shape index (κ3) is 2.25. The van der Waals surface area contributed by atoms with Gasteiger partial charge in [0.25, 0.3) is 0 Å². The normalized spacial score (nSPS) is 29.8. The van der Waals surface area contributed by atoms with Gasteiger partial charge in [-0.25, -0.2) is 0 Å².